The van der Waals surface area contributed by atoms with Gasteiger partial charge in [0.15, 0.2) is 0 Å². The van der Waals surface area contributed by atoms with Crippen LogP contribution in [0.1, 0.15) is 69.3 Å². The molecule has 4 aromatic rings. The van der Waals surface area contributed by atoms with E-state index in [0.29, 0.717) is 28.3 Å². The lowest BCUT2D eigenvalue weighted by atomic mass is 9.96. The maximum atomic E-state index is 14.0. The monoisotopic (exact) mass is 444 g/mol. The Bertz CT molecular complexity index is 1320. The van der Waals surface area contributed by atoms with Crippen LogP contribution >= 0.6 is 11.3 Å². The van der Waals surface area contributed by atoms with Gasteiger partial charge in [-0.15, -0.1) is 11.3 Å². The highest BCUT2D eigenvalue weighted by Crippen LogP contribution is 2.43. The fraction of sp³-hybridized carbons (Fsp3) is 0.360. The standard InChI is InChI=1S/C25H24N4O2S/c1-14-26-18-9-6-10-20(23(18)32-14)29(2)25(30)17-13-19(15-11-12-15)27-24-21(17)22(28-31-24)16-7-4-3-5-8-16/h3-5,7-8,13,15,20H,6,9-12H2,1-2H3. The smallest absolute Gasteiger partial charge is 0.259 e. The van der Waals surface area contributed by atoms with Gasteiger partial charge in [0.25, 0.3) is 11.6 Å². The number of hydrogen-bond donors (Lipinski definition) is 0. The van der Waals surface area contributed by atoms with Gasteiger partial charge in [-0.05, 0) is 45.1 Å². The van der Waals surface area contributed by atoms with Crippen LogP contribution in [0.25, 0.3) is 22.4 Å². The van der Waals surface area contributed by atoms with Gasteiger partial charge in [0.1, 0.15) is 5.69 Å². The summed E-state index contributed by atoms with van der Waals surface area (Å²) in [5.41, 5.74) is 4.75. The van der Waals surface area contributed by atoms with Crippen LogP contribution in [0.3, 0.4) is 0 Å². The molecule has 1 atom stereocenters. The first kappa shape index (κ1) is 19.6. The van der Waals surface area contributed by atoms with Gasteiger partial charge in [0.2, 0.25) is 0 Å². The fourth-order valence-corrected chi connectivity index (χ4v) is 5.89. The van der Waals surface area contributed by atoms with Crippen molar-refractivity contribution in [2.24, 2.45) is 0 Å². The quantitative estimate of drug-likeness (QED) is 0.405. The molecule has 6 nitrogen and oxygen atoms in total. The van der Waals surface area contributed by atoms with E-state index in [1.54, 1.807) is 11.3 Å². The Hall–Kier alpha value is -3.06. The van der Waals surface area contributed by atoms with E-state index in [1.807, 2.05) is 55.3 Å². The van der Waals surface area contributed by atoms with Crippen molar-refractivity contribution >= 4 is 28.3 Å². The summed E-state index contributed by atoms with van der Waals surface area (Å²) in [7, 11) is 1.91. The molecule has 6 rings (SSSR count). The normalized spacial score (nSPS) is 18.0. The van der Waals surface area contributed by atoms with Crippen LogP contribution in [0.2, 0.25) is 0 Å². The van der Waals surface area contributed by atoms with Crippen molar-refractivity contribution in [3.05, 3.63) is 63.2 Å². The van der Waals surface area contributed by atoms with Crippen molar-refractivity contribution in [1.29, 1.82) is 0 Å². The highest BCUT2D eigenvalue weighted by molar-refractivity contribution is 7.11. The van der Waals surface area contributed by atoms with Crippen LogP contribution in [0, 0.1) is 6.92 Å². The first-order chi connectivity index (χ1) is 15.6. The second-order valence-corrected chi connectivity index (χ2v) is 10.0. The number of thiazole rings is 1. The molecule has 0 aliphatic heterocycles. The van der Waals surface area contributed by atoms with Crippen LogP contribution < -0.4 is 0 Å². The van der Waals surface area contributed by atoms with Crippen LogP contribution in [0.15, 0.2) is 40.9 Å². The predicted molar refractivity (Wildman–Crippen MR) is 124 cm³/mol. The molecular formula is C25H24N4O2S. The Balaban J connectivity index is 1.47. The van der Waals surface area contributed by atoms with E-state index in [4.69, 9.17) is 14.5 Å². The lowest BCUT2D eigenvalue weighted by molar-refractivity contribution is 0.0719. The van der Waals surface area contributed by atoms with Crippen LogP contribution in [0.5, 0.6) is 0 Å². The molecule has 0 radical (unpaired) electrons. The summed E-state index contributed by atoms with van der Waals surface area (Å²) in [6.45, 7) is 2.04. The zero-order valence-electron chi connectivity index (χ0n) is 18.2. The Labute approximate surface area is 190 Å². The predicted octanol–water partition coefficient (Wildman–Crippen LogP) is 5.68. The molecule has 2 aliphatic carbocycles. The number of pyridine rings is 1. The summed E-state index contributed by atoms with van der Waals surface area (Å²) in [4.78, 5) is 26.5. The number of nitrogens with zero attached hydrogens (tertiary/aromatic N) is 4. The maximum absolute atomic E-state index is 14.0. The average Bonchev–Trinajstić information content (AvgIpc) is 3.46. The molecule has 0 spiro atoms. The van der Waals surface area contributed by atoms with E-state index >= 15 is 0 Å². The number of aromatic nitrogens is 3. The Morgan fingerprint density at radius 1 is 1.16 bits per heavy atom. The summed E-state index contributed by atoms with van der Waals surface area (Å²) in [5.74, 6) is 0.399. The third kappa shape index (κ3) is 3.23. The highest BCUT2D eigenvalue weighted by atomic mass is 32.1. The zero-order chi connectivity index (χ0) is 21.8. The SMILES string of the molecule is Cc1nc2c(s1)C(N(C)C(=O)c1cc(C3CC3)nc3onc(-c4ccccc4)c13)CCC2. The molecule has 1 saturated carbocycles. The van der Waals surface area contributed by atoms with Crippen molar-refractivity contribution in [3.63, 3.8) is 0 Å². The van der Waals surface area contributed by atoms with E-state index in [9.17, 15) is 4.79 Å². The number of aryl methyl sites for hydroxylation is 2. The van der Waals surface area contributed by atoms with Crippen LogP contribution in [0.4, 0.5) is 0 Å². The number of rotatable bonds is 4. The molecule has 3 aromatic heterocycles. The number of carbonyl (C=O) groups excluding carboxylic acids is 1. The first-order valence-electron chi connectivity index (χ1n) is 11.2. The van der Waals surface area contributed by atoms with Gasteiger partial charge in [0, 0.05) is 24.2 Å². The van der Waals surface area contributed by atoms with Gasteiger partial charge >= 0.3 is 0 Å². The lowest BCUT2D eigenvalue weighted by Crippen LogP contribution is -2.33. The minimum atomic E-state index is -0.0106. The van der Waals surface area contributed by atoms with Crippen molar-refractivity contribution < 1.29 is 9.32 Å². The van der Waals surface area contributed by atoms with E-state index in [-0.39, 0.29) is 11.9 Å². The molecule has 2 aliphatic rings. The Morgan fingerprint density at radius 2 is 1.97 bits per heavy atom. The van der Waals surface area contributed by atoms with Gasteiger partial charge < -0.3 is 9.42 Å². The molecule has 1 aromatic carbocycles. The summed E-state index contributed by atoms with van der Waals surface area (Å²) < 4.78 is 5.66. The third-order valence-corrected chi connectivity index (χ3v) is 7.67. The number of carbonyl (C=O) groups is 1. The molecule has 0 N–H and O–H groups in total. The summed E-state index contributed by atoms with van der Waals surface area (Å²) in [5, 5.41) is 6.09. The van der Waals surface area contributed by atoms with Crippen molar-refractivity contribution in [3.8, 4) is 11.3 Å². The topological polar surface area (TPSA) is 72.1 Å². The van der Waals surface area contributed by atoms with Gasteiger partial charge in [0.05, 0.1) is 32.6 Å². The minimum absolute atomic E-state index is 0.0106. The summed E-state index contributed by atoms with van der Waals surface area (Å²) >= 11 is 1.71. The second-order valence-electron chi connectivity index (χ2n) is 8.81. The molecular weight excluding hydrogens is 420 g/mol. The number of hydrogen-bond acceptors (Lipinski definition) is 6. The lowest BCUT2D eigenvalue weighted by Gasteiger charge is -2.31. The molecule has 0 bridgehead atoms. The molecule has 0 saturated heterocycles. The molecule has 1 fully saturated rings. The molecule has 162 valence electrons. The van der Waals surface area contributed by atoms with Gasteiger partial charge in [-0.2, -0.15) is 0 Å². The molecule has 1 unspecified atom stereocenters. The van der Waals surface area contributed by atoms with E-state index in [1.165, 1.54) is 4.88 Å². The number of benzene rings is 1. The third-order valence-electron chi connectivity index (χ3n) is 6.56. The Morgan fingerprint density at radius 3 is 2.75 bits per heavy atom. The molecule has 3 heterocycles. The van der Waals surface area contributed by atoms with E-state index < -0.39 is 0 Å². The zero-order valence-corrected chi connectivity index (χ0v) is 19.0. The van der Waals surface area contributed by atoms with Crippen LogP contribution in [-0.2, 0) is 6.42 Å². The van der Waals surface area contributed by atoms with Crippen molar-refractivity contribution in [2.45, 2.75) is 51.0 Å². The molecule has 7 heteroatoms. The number of amides is 1. The van der Waals surface area contributed by atoms with E-state index in [2.05, 4.69) is 5.16 Å². The second kappa shape index (κ2) is 7.52. The van der Waals surface area contributed by atoms with Gasteiger partial charge in [-0.25, -0.2) is 9.97 Å². The molecule has 1 amide bonds. The Kier molecular flexibility index (Phi) is 4.61. The minimum Gasteiger partial charge on any atom is -0.335 e. The number of fused-ring (bicyclic) bond motifs is 2. The molecule has 32 heavy (non-hydrogen) atoms. The highest BCUT2D eigenvalue weighted by Gasteiger charge is 2.34. The van der Waals surface area contributed by atoms with Gasteiger partial charge in [-0.1, -0.05) is 35.5 Å². The summed E-state index contributed by atoms with van der Waals surface area (Å²) in [6, 6.07) is 11.9. The summed E-state index contributed by atoms with van der Waals surface area (Å²) in [6.07, 6.45) is 5.20. The van der Waals surface area contributed by atoms with Crippen molar-refractivity contribution in [1.82, 2.24) is 20.0 Å². The largest absolute Gasteiger partial charge is 0.335 e. The van der Waals surface area contributed by atoms with Crippen molar-refractivity contribution in [2.75, 3.05) is 7.05 Å². The van der Waals surface area contributed by atoms with Crippen LogP contribution in [-0.4, -0.2) is 33.0 Å². The van der Waals surface area contributed by atoms with E-state index in [0.717, 1.165) is 54.1 Å². The first-order valence-corrected chi connectivity index (χ1v) is 12.0. The fourth-order valence-electron chi connectivity index (χ4n) is 4.74. The van der Waals surface area contributed by atoms with Gasteiger partial charge in [-0.3, -0.25) is 4.79 Å². The average molecular weight is 445 g/mol. The maximum Gasteiger partial charge on any atom is 0.259 e.